The fourth-order valence-electron chi connectivity index (χ4n) is 4.51. The van der Waals surface area contributed by atoms with Crippen LogP contribution in [0.5, 0.6) is 0 Å². The molecule has 8 nitrogen and oxygen atoms in total. The molecule has 0 radical (unpaired) electrons. The van der Waals surface area contributed by atoms with Gasteiger partial charge in [-0.3, -0.25) is 29.0 Å². The first kappa shape index (κ1) is 24.8. The van der Waals surface area contributed by atoms with Crippen molar-refractivity contribution in [3.05, 3.63) is 51.8 Å². The van der Waals surface area contributed by atoms with Crippen LogP contribution in [-0.2, 0) is 0 Å². The van der Waals surface area contributed by atoms with Gasteiger partial charge in [-0.1, -0.05) is 38.7 Å². The average Bonchev–Trinajstić information content (AvgIpc) is 3.23. The number of alkyl halides is 1. The molecular formula is C26H33FN6O2. The molecule has 1 aliphatic rings. The number of allylic oxidation sites excluding steroid dienone is 1. The molecule has 1 amide bonds. The fraction of sp³-hybridized carbons (Fsp3) is 0.500. The summed E-state index contributed by atoms with van der Waals surface area (Å²) in [5.74, 6) is -0.484. The third-order valence-electron chi connectivity index (χ3n) is 6.79. The second-order valence-corrected chi connectivity index (χ2v) is 9.25. The molecule has 1 saturated heterocycles. The number of fused-ring (bicyclic) bond motifs is 1. The minimum absolute atomic E-state index is 0.183. The van der Waals surface area contributed by atoms with Gasteiger partial charge >= 0.3 is 0 Å². The van der Waals surface area contributed by atoms with Gasteiger partial charge in [-0.05, 0) is 32.8 Å². The molecular weight excluding hydrogens is 447 g/mol. The zero-order valence-corrected chi connectivity index (χ0v) is 20.6. The molecule has 1 N–H and O–H groups in total. The Balaban J connectivity index is 1.72. The van der Waals surface area contributed by atoms with Gasteiger partial charge in [0.05, 0.1) is 23.8 Å². The van der Waals surface area contributed by atoms with Crippen LogP contribution in [0.4, 0.5) is 4.39 Å². The molecule has 0 saturated carbocycles. The number of hydrogen-bond acceptors (Lipinski definition) is 5. The van der Waals surface area contributed by atoms with E-state index in [2.05, 4.69) is 27.0 Å². The first-order valence-electron chi connectivity index (χ1n) is 12.4. The molecule has 3 aromatic heterocycles. The molecule has 0 unspecified atom stereocenters. The third-order valence-corrected chi connectivity index (χ3v) is 6.79. The van der Waals surface area contributed by atoms with Gasteiger partial charge < -0.3 is 4.90 Å². The van der Waals surface area contributed by atoms with E-state index in [1.807, 2.05) is 19.1 Å². The standard InChI is InChI=1S/C26H33FN6O2/c1-4-5-6-7-8-9-10-11-20-14-21(34)33-25(30-20)22(26(35)32-16-19(15-27)18(32)3)24(31-33)23-17(2)28-12-13-29-23/h10-14,18-19,31H,4-9,15-16H2,1-3H3/b11-10+/t18-,19-/m0/s1. The molecule has 0 spiro atoms. The van der Waals surface area contributed by atoms with Gasteiger partial charge in [0.2, 0.25) is 0 Å². The van der Waals surface area contributed by atoms with E-state index >= 15 is 0 Å². The van der Waals surface area contributed by atoms with Crippen LogP contribution in [0.2, 0.25) is 0 Å². The Morgan fingerprint density at radius 3 is 2.71 bits per heavy atom. The molecule has 2 atom stereocenters. The number of aryl methyl sites for hydroxylation is 1. The van der Waals surface area contributed by atoms with Crippen molar-refractivity contribution >= 4 is 17.6 Å². The molecule has 0 aromatic carbocycles. The molecule has 4 heterocycles. The van der Waals surface area contributed by atoms with Crippen molar-refractivity contribution in [3.63, 3.8) is 0 Å². The third kappa shape index (κ3) is 5.04. The monoisotopic (exact) mass is 480 g/mol. The number of hydrogen-bond donors (Lipinski definition) is 1. The molecule has 1 fully saturated rings. The van der Waals surface area contributed by atoms with Gasteiger partial charge in [-0.25, -0.2) is 9.50 Å². The van der Waals surface area contributed by atoms with Gasteiger partial charge in [-0.15, -0.1) is 0 Å². The van der Waals surface area contributed by atoms with Gasteiger partial charge in [0, 0.05) is 37.0 Å². The summed E-state index contributed by atoms with van der Waals surface area (Å²) in [7, 11) is 0. The van der Waals surface area contributed by atoms with Crippen LogP contribution < -0.4 is 5.56 Å². The number of nitrogens with one attached hydrogen (secondary N) is 1. The smallest absolute Gasteiger partial charge is 0.273 e. The maximum Gasteiger partial charge on any atom is 0.273 e. The van der Waals surface area contributed by atoms with E-state index < -0.39 is 6.67 Å². The van der Waals surface area contributed by atoms with Crippen molar-refractivity contribution in [2.75, 3.05) is 13.2 Å². The summed E-state index contributed by atoms with van der Waals surface area (Å²) in [6, 6.07) is 1.21. The Hall–Kier alpha value is -3.36. The summed E-state index contributed by atoms with van der Waals surface area (Å²) < 4.78 is 14.5. The Bertz CT molecular complexity index is 1280. The fourth-order valence-corrected chi connectivity index (χ4v) is 4.51. The van der Waals surface area contributed by atoms with E-state index in [0.717, 1.165) is 12.8 Å². The number of halogens is 1. The zero-order valence-electron chi connectivity index (χ0n) is 20.6. The maximum atomic E-state index is 13.6. The minimum atomic E-state index is -0.472. The summed E-state index contributed by atoms with van der Waals surface area (Å²) >= 11 is 0. The highest BCUT2D eigenvalue weighted by Gasteiger charge is 2.41. The first-order valence-corrected chi connectivity index (χ1v) is 12.4. The van der Waals surface area contributed by atoms with Crippen molar-refractivity contribution in [1.82, 2.24) is 29.5 Å². The highest BCUT2D eigenvalue weighted by Crippen LogP contribution is 2.32. The lowest BCUT2D eigenvalue weighted by molar-refractivity contribution is 0.0142. The predicted molar refractivity (Wildman–Crippen MR) is 134 cm³/mol. The highest BCUT2D eigenvalue weighted by molar-refractivity contribution is 6.06. The number of aromatic nitrogens is 5. The van der Waals surface area contributed by atoms with Crippen LogP contribution in [0.3, 0.4) is 0 Å². The van der Waals surface area contributed by atoms with E-state index in [9.17, 15) is 14.0 Å². The predicted octanol–water partition coefficient (Wildman–Crippen LogP) is 4.59. The van der Waals surface area contributed by atoms with Crippen molar-refractivity contribution in [1.29, 1.82) is 0 Å². The first-order chi connectivity index (χ1) is 17.0. The number of nitrogens with zero attached hydrogens (tertiary/aromatic N) is 5. The summed E-state index contributed by atoms with van der Waals surface area (Å²) in [5, 5.41) is 3.03. The maximum absolute atomic E-state index is 13.6. The number of rotatable bonds is 10. The summed E-state index contributed by atoms with van der Waals surface area (Å²) in [6.45, 7) is 5.67. The molecule has 0 aliphatic carbocycles. The van der Waals surface area contributed by atoms with Crippen molar-refractivity contribution < 1.29 is 9.18 Å². The van der Waals surface area contributed by atoms with Crippen LogP contribution in [0.25, 0.3) is 23.1 Å². The molecule has 1 aliphatic heterocycles. The highest BCUT2D eigenvalue weighted by atomic mass is 19.1. The van der Waals surface area contributed by atoms with Crippen LogP contribution in [0, 0.1) is 12.8 Å². The van der Waals surface area contributed by atoms with E-state index in [1.165, 1.54) is 36.3 Å². The van der Waals surface area contributed by atoms with Crippen molar-refractivity contribution in [2.24, 2.45) is 5.92 Å². The Kier molecular flexibility index (Phi) is 7.73. The second kappa shape index (κ2) is 10.9. The lowest BCUT2D eigenvalue weighted by atomic mass is 9.90. The summed E-state index contributed by atoms with van der Waals surface area (Å²) in [5.41, 5.74) is 2.14. The normalized spacial score (nSPS) is 17.9. The van der Waals surface area contributed by atoms with E-state index in [-0.39, 0.29) is 34.6 Å². The molecule has 3 aromatic rings. The van der Waals surface area contributed by atoms with Gasteiger partial charge in [-0.2, -0.15) is 0 Å². The quantitative estimate of drug-likeness (QED) is 0.428. The Morgan fingerprint density at radius 1 is 1.23 bits per heavy atom. The molecule has 0 bridgehead atoms. The second-order valence-electron chi connectivity index (χ2n) is 9.25. The van der Waals surface area contributed by atoms with E-state index in [1.54, 1.807) is 24.2 Å². The lowest BCUT2D eigenvalue weighted by Crippen LogP contribution is -2.58. The number of carbonyl (C=O) groups excluding carboxylic acids is 1. The average molecular weight is 481 g/mol. The number of carbonyl (C=O) groups is 1. The Labute approximate surface area is 204 Å². The minimum Gasteiger partial charge on any atom is -0.335 e. The SMILES string of the molecule is CCCCCCC/C=C/c1cc(=O)n2[nH]c(-c3nccnc3C)c(C(=O)N3C[C@H](CF)[C@@H]3C)c2n1. The summed E-state index contributed by atoms with van der Waals surface area (Å²) in [4.78, 5) is 41.6. The molecule has 9 heteroatoms. The number of unbranched alkanes of at least 4 members (excludes halogenated alkanes) is 5. The number of H-pyrrole nitrogens is 1. The topological polar surface area (TPSA) is 96.2 Å². The molecule has 35 heavy (non-hydrogen) atoms. The van der Waals surface area contributed by atoms with Crippen LogP contribution in [0.1, 0.15) is 74.1 Å². The Morgan fingerprint density at radius 2 is 2.00 bits per heavy atom. The largest absolute Gasteiger partial charge is 0.335 e. The number of aromatic amines is 1. The van der Waals surface area contributed by atoms with Gasteiger partial charge in [0.15, 0.2) is 5.65 Å². The van der Waals surface area contributed by atoms with Crippen LogP contribution >= 0.6 is 0 Å². The van der Waals surface area contributed by atoms with E-state index in [4.69, 9.17) is 0 Å². The van der Waals surface area contributed by atoms with Crippen molar-refractivity contribution in [2.45, 2.75) is 65.3 Å². The number of amides is 1. The van der Waals surface area contributed by atoms with Crippen LogP contribution in [0.15, 0.2) is 29.3 Å². The van der Waals surface area contributed by atoms with Crippen LogP contribution in [-0.4, -0.2) is 54.6 Å². The zero-order chi connectivity index (χ0) is 24.9. The van der Waals surface area contributed by atoms with E-state index in [0.29, 0.717) is 29.3 Å². The van der Waals surface area contributed by atoms with Gasteiger partial charge in [0.25, 0.3) is 11.5 Å². The molecule has 186 valence electrons. The van der Waals surface area contributed by atoms with Gasteiger partial charge in [0.1, 0.15) is 11.3 Å². The summed E-state index contributed by atoms with van der Waals surface area (Å²) in [6.07, 6.45) is 13.8. The van der Waals surface area contributed by atoms with Crippen molar-refractivity contribution in [3.8, 4) is 11.4 Å². The molecule has 4 rings (SSSR count). The number of likely N-dealkylation sites (tertiary alicyclic amines) is 1. The lowest BCUT2D eigenvalue weighted by Gasteiger charge is -2.45.